The number of halogens is 4. The van der Waals surface area contributed by atoms with E-state index >= 15 is 0 Å². The van der Waals surface area contributed by atoms with E-state index in [1.54, 1.807) is 4.90 Å². The van der Waals surface area contributed by atoms with Crippen molar-refractivity contribution in [2.24, 2.45) is 10.7 Å². The number of amides is 1. The van der Waals surface area contributed by atoms with E-state index in [4.69, 9.17) is 17.3 Å². The van der Waals surface area contributed by atoms with Gasteiger partial charge in [0.15, 0.2) is 0 Å². The molecule has 2 aromatic rings. The number of hydrogen-bond donors (Lipinski definition) is 1. The van der Waals surface area contributed by atoms with Crippen LogP contribution in [-0.4, -0.2) is 39.5 Å². The summed E-state index contributed by atoms with van der Waals surface area (Å²) in [4.78, 5) is 25.4. The van der Waals surface area contributed by atoms with Crippen LogP contribution in [0.4, 0.5) is 19.0 Å². The Morgan fingerprint density at radius 2 is 2.18 bits per heavy atom. The van der Waals surface area contributed by atoms with Crippen molar-refractivity contribution >= 4 is 29.2 Å². The molecule has 0 aliphatic carbocycles. The van der Waals surface area contributed by atoms with Gasteiger partial charge in [0.1, 0.15) is 11.9 Å². The molecule has 1 amide bonds. The van der Waals surface area contributed by atoms with E-state index in [-0.39, 0.29) is 22.2 Å². The molecule has 8 nitrogen and oxygen atoms in total. The zero-order chi connectivity index (χ0) is 20.5. The molecule has 28 heavy (non-hydrogen) atoms. The Morgan fingerprint density at radius 3 is 2.79 bits per heavy atom. The Morgan fingerprint density at radius 1 is 1.43 bits per heavy atom. The van der Waals surface area contributed by atoms with Crippen molar-refractivity contribution in [1.29, 1.82) is 0 Å². The fourth-order valence-electron chi connectivity index (χ4n) is 2.91. The maximum atomic E-state index is 12.6. The molecule has 1 saturated heterocycles. The lowest BCUT2D eigenvalue weighted by Gasteiger charge is -2.35. The normalized spacial score (nSPS) is 18.4. The first-order valence-electron chi connectivity index (χ1n) is 8.35. The van der Waals surface area contributed by atoms with Crippen molar-refractivity contribution < 1.29 is 22.5 Å². The van der Waals surface area contributed by atoms with Gasteiger partial charge in [-0.25, -0.2) is 4.98 Å². The lowest BCUT2D eigenvalue weighted by molar-refractivity contribution is -0.159. The van der Waals surface area contributed by atoms with Gasteiger partial charge in [0.05, 0.1) is 10.9 Å². The van der Waals surface area contributed by atoms with E-state index in [9.17, 15) is 18.0 Å². The van der Waals surface area contributed by atoms with Gasteiger partial charge in [0, 0.05) is 18.3 Å². The average Bonchev–Trinajstić information content (AvgIpc) is 3.11. The monoisotopic (exact) mass is 416 g/mol. The first-order valence-corrected chi connectivity index (χ1v) is 8.72. The van der Waals surface area contributed by atoms with E-state index in [2.05, 4.69) is 24.6 Å². The van der Waals surface area contributed by atoms with Crippen LogP contribution in [0.25, 0.3) is 11.4 Å². The number of carbonyl (C=O) groups is 1. The summed E-state index contributed by atoms with van der Waals surface area (Å²) < 4.78 is 42.1. The summed E-state index contributed by atoms with van der Waals surface area (Å²) >= 11 is 6.30. The summed E-state index contributed by atoms with van der Waals surface area (Å²) in [6.07, 6.45) is -1.24. The molecule has 12 heteroatoms. The van der Waals surface area contributed by atoms with Crippen LogP contribution < -0.4 is 10.6 Å². The van der Waals surface area contributed by atoms with Crippen molar-refractivity contribution in [2.75, 3.05) is 11.4 Å². The molecular formula is C16H16ClF3N6O2. The van der Waals surface area contributed by atoms with Crippen molar-refractivity contribution in [3.8, 4) is 11.4 Å². The number of hydrogen-bond acceptors (Lipinski definition) is 6. The number of rotatable bonds is 3. The number of anilines is 1. The molecule has 1 aliphatic rings. The third-order valence-electron chi connectivity index (χ3n) is 4.09. The molecule has 0 aromatic carbocycles. The van der Waals surface area contributed by atoms with Crippen molar-refractivity contribution in [3.63, 3.8) is 0 Å². The van der Waals surface area contributed by atoms with Gasteiger partial charge in [-0.2, -0.15) is 23.1 Å². The summed E-state index contributed by atoms with van der Waals surface area (Å²) in [5, 5.41) is 3.45. The molecule has 0 radical (unpaired) electrons. The van der Waals surface area contributed by atoms with Gasteiger partial charge < -0.3 is 15.2 Å². The number of alkyl halides is 3. The highest BCUT2D eigenvalue weighted by Gasteiger charge is 2.38. The molecular weight excluding hydrogens is 401 g/mol. The Kier molecular flexibility index (Phi) is 5.54. The Balaban J connectivity index is 1.89. The Labute approximate surface area is 162 Å². The number of nitrogens with zero attached hydrogens (tertiary/aromatic N) is 5. The number of aromatic nitrogens is 3. The smallest absolute Gasteiger partial charge is 0.387 e. The molecule has 1 fully saturated rings. The minimum absolute atomic E-state index is 0.143. The number of piperidine rings is 1. The van der Waals surface area contributed by atoms with Crippen molar-refractivity contribution in [1.82, 2.24) is 15.1 Å². The summed E-state index contributed by atoms with van der Waals surface area (Å²) in [7, 11) is 0. The van der Waals surface area contributed by atoms with Crippen LogP contribution in [0, 0.1) is 0 Å². The fraction of sp³-hybridized carbons (Fsp3) is 0.438. The average molecular weight is 417 g/mol. The van der Waals surface area contributed by atoms with E-state index < -0.39 is 24.0 Å². The fourth-order valence-corrected chi connectivity index (χ4v) is 3.19. The summed E-state index contributed by atoms with van der Waals surface area (Å²) in [6, 6.07) is 0.813. The number of nitrogens with two attached hydrogens (primary N) is 1. The number of carbonyl (C=O) groups excluding carboxylic acids is 1. The second-order valence-electron chi connectivity index (χ2n) is 6.25. The minimum atomic E-state index is -4.74. The van der Waals surface area contributed by atoms with Crippen LogP contribution in [0.15, 0.2) is 21.8 Å². The maximum Gasteiger partial charge on any atom is 0.471 e. The molecule has 3 rings (SSSR count). The quantitative estimate of drug-likeness (QED) is 0.604. The number of aliphatic imine (C=N–C) groups is 1. The summed E-state index contributed by atoms with van der Waals surface area (Å²) in [5.41, 5.74) is 5.65. The SMILES string of the molecule is CC(N)=NC(=O)[C@H]1CCCCN1c1ncc(-c2noc(C(F)(F)F)n2)cc1Cl. The zero-order valence-electron chi connectivity index (χ0n) is 14.7. The first kappa shape index (κ1) is 20.1. The Hall–Kier alpha value is -2.69. The van der Waals surface area contributed by atoms with E-state index in [0.29, 0.717) is 18.8 Å². The highest BCUT2D eigenvalue weighted by molar-refractivity contribution is 6.33. The maximum absolute atomic E-state index is 12.6. The molecule has 150 valence electrons. The van der Waals surface area contributed by atoms with Gasteiger partial charge in [0.25, 0.3) is 5.91 Å². The minimum Gasteiger partial charge on any atom is -0.387 e. The predicted octanol–water partition coefficient (Wildman–Crippen LogP) is 3.07. The van der Waals surface area contributed by atoms with Gasteiger partial charge in [-0.05, 0) is 32.3 Å². The molecule has 0 saturated carbocycles. The van der Waals surface area contributed by atoms with Gasteiger partial charge in [-0.15, -0.1) is 0 Å². The second kappa shape index (κ2) is 7.74. The van der Waals surface area contributed by atoms with Gasteiger partial charge in [-0.3, -0.25) is 4.79 Å². The van der Waals surface area contributed by atoms with Crippen LogP contribution >= 0.6 is 11.6 Å². The lowest BCUT2D eigenvalue weighted by Crippen LogP contribution is -2.45. The molecule has 0 unspecified atom stereocenters. The van der Waals surface area contributed by atoms with Crippen LogP contribution in [0.3, 0.4) is 0 Å². The largest absolute Gasteiger partial charge is 0.471 e. The van der Waals surface area contributed by atoms with Crippen LogP contribution in [0.2, 0.25) is 5.02 Å². The van der Waals surface area contributed by atoms with Gasteiger partial charge in [-0.1, -0.05) is 16.8 Å². The molecule has 1 atom stereocenters. The number of amidine groups is 1. The highest BCUT2D eigenvalue weighted by Crippen LogP contribution is 2.33. The standard InChI is InChI=1S/C16H16ClF3N6O2/c1-8(21)23-14(27)11-4-2-3-5-26(11)13-10(17)6-9(7-22-13)12-24-15(28-25-12)16(18,19)20/h6-7,11H,2-5H2,1H3,(H2,21,23,27)/t11-/m1/s1. The van der Waals surface area contributed by atoms with Crippen LogP contribution in [0.5, 0.6) is 0 Å². The molecule has 3 heterocycles. The van der Waals surface area contributed by atoms with Gasteiger partial charge in [0.2, 0.25) is 5.82 Å². The molecule has 2 N–H and O–H groups in total. The highest BCUT2D eigenvalue weighted by atomic mass is 35.5. The topological polar surface area (TPSA) is 110 Å². The molecule has 0 spiro atoms. The first-order chi connectivity index (χ1) is 13.2. The van der Waals surface area contributed by atoms with Crippen molar-refractivity contribution in [2.45, 2.75) is 38.4 Å². The second-order valence-corrected chi connectivity index (χ2v) is 6.65. The molecule has 0 bridgehead atoms. The van der Waals surface area contributed by atoms with E-state index in [0.717, 1.165) is 12.8 Å². The zero-order valence-corrected chi connectivity index (χ0v) is 15.5. The van der Waals surface area contributed by atoms with Gasteiger partial charge >= 0.3 is 12.1 Å². The summed E-state index contributed by atoms with van der Waals surface area (Å²) in [5.74, 6) is -1.66. The predicted molar refractivity (Wildman–Crippen MR) is 94.8 cm³/mol. The van der Waals surface area contributed by atoms with Crippen molar-refractivity contribution in [3.05, 3.63) is 23.2 Å². The molecule has 1 aliphatic heterocycles. The molecule has 2 aromatic heterocycles. The summed E-state index contributed by atoms with van der Waals surface area (Å²) in [6.45, 7) is 2.05. The number of pyridine rings is 1. The Bertz CT molecular complexity index is 910. The van der Waals surface area contributed by atoms with E-state index in [1.807, 2.05) is 0 Å². The van der Waals surface area contributed by atoms with Crippen LogP contribution in [-0.2, 0) is 11.0 Å². The third-order valence-corrected chi connectivity index (χ3v) is 4.37. The van der Waals surface area contributed by atoms with E-state index in [1.165, 1.54) is 19.2 Å². The lowest BCUT2D eigenvalue weighted by atomic mass is 10.0. The van der Waals surface area contributed by atoms with Crippen LogP contribution in [0.1, 0.15) is 32.1 Å². The third kappa shape index (κ3) is 4.24.